The maximum absolute atomic E-state index is 12.2. The van der Waals surface area contributed by atoms with Crippen LogP contribution in [0.1, 0.15) is 19.8 Å². The number of hydrogen-bond acceptors (Lipinski definition) is 4. The first-order chi connectivity index (χ1) is 7.68. The minimum atomic E-state index is -0.286. The number of nitrogens with zero attached hydrogens (tertiary/aromatic N) is 3. The second-order valence-electron chi connectivity index (χ2n) is 4.22. The van der Waals surface area contributed by atoms with Crippen molar-refractivity contribution in [2.45, 2.75) is 19.8 Å². The Morgan fingerprint density at radius 2 is 2.56 bits per heavy atom. The fraction of sp³-hybridized carbons (Fsp3) is 0.700. The molecule has 1 aliphatic rings. The summed E-state index contributed by atoms with van der Waals surface area (Å²) >= 11 is 0. The number of aryl methyl sites for hydroxylation is 1. The third kappa shape index (κ3) is 1.80. The number of anilines is 1. The summed E-state index contributed by atoms with van der Waals surface area (Å²) in [5, 5.41) is 9.99. The Hall–Kier alpha value is -1.43. The molecule has 6 nitrogen and oxygen atoms in total. The molecule has 2 heterocycles. The largest absolute Gasteiger partial charge is 0.316 e. The molecule has 1 aliphatic heterocycles. The molecule has 1 atom stereocenters. The van der Waals surface area contributed by atoms with E-state index in [9.17, 15) is 4.79 Å². The van der Waals surface area contributed by atoms with Gasteiger partial charge >= 0.3 is 0 Å². The predicted molar refractivity (Wildman–Crippen MR) is 59.8 cm³/mol. The van der Waals surface area contributed by atoms with Crippen molar-refractivity contribution in [3.63, 3.8) is 0 Å². The van der Waals surface area contributed by atoms with Gasteiger partial charge in [-0.05, 0) is 19.4 Å². The number of hydrogen-bond donors (Lipinski definition) is 2. The van der Waals surface area contributed by atoms with E-state index in [0.717, 1.165) is 25.9 Å². The van der Waals surface area contributed by atoms with Crippen LogP contribution < -0.4 is 10.6 Å². The molecule has 0 radical (unpaired) electrons. The van der Waals surface area contributed by atoms with Crippen molar-refractivity contribution in [2.24, 2.45) is 12.5 Å². The Labute approximate surface area is 94.4 Å². The Balaban J connectivity index is 2.10. The molecular formula is C10H17N5O. The summed E-state index contributed by atoms with van der Waals surface area (Å²) in [4.78, 5) is 16.2. The lowest BCUT2D eigenvalue weighted by Crippen LogP contribution is -2.38. The molecule has 0 aliphatic carbocycles. The number of aromatic nitrogens is 3. The molecule has 0 aromatic carbocycles. The molecule has 1 amide bonds. The number of amides is 1. The maximum Gasteiger partial charge on any atom is 0.234 e. The molecule has 1 aromatic rings. The summed E-state index contributed by atoms with van der Waals surface area (Å²) < 4.78 is 1.56. The first-order valence-electron chi connectivity index (χ1n) is 5.54. The van der Waals surface area contributed by atoms with Crippen LogP contribution >= 0.6 is 0 Å². The molecule has 1 saturated heterocycles. The van der Waals surface area contributed by atoms with Gasteiger partial charge in [-0.2, -0.15) is 10.1 Å². The molecule has 0 spiro atoms. The molecule has 16 heavy (non-hydrogen) atoms. The average Bonchev–Trinajstić information content (AvgIpc) is 2.89. The number of rotatable bonds is 3. The molecule has 0 saturated carbocycles. The second kappa shape index (κ2) is 4.21. The molecule has 2 rings (SSSR count). The lowest BCUT2D eigenvalue weighted by atomic mass is 9.83. The molecule has 1 fully saturated rings. The van der Waals surface area contributed by atoms with Crippen LogP contribution in [0.5, 0.6) is 0 Å². The highest BCUT2D eigenvalue weighted by molar-refractivity contribution is 5.94. The van der Waals surface area contributed by atoms with Crippen LogP contribution in [0, 0.1) is 5.41 Å². The summed E-state index contributed by atoms with van der Waals surface area (Å²) in [5.41, 5.74) is -0.286. The van der Waals surface area contributed by atoms with Gasteiger partial charge in [0, 0.05) is 13.6 Å². The third-order valence-electron chi connectivity index (χ3n) is 3.34. The van der Waals surface area contributed by atoms with Gasteiger partial charge in [-0.1, -0.05) is 6.92 Å². The van der Waals surface area contributed by atoms with Crippen LogP contribution in [0.2, 0.25) is 0 Å². The Morgan fingerprint density at radius 3 is 3.06 bits per heavy atom. The van der Waals surface area contributed by atoms with Gasteiger partial charge < -0.3 is 5.32 Å². The van der Waals surface area contributed by atoms with Crippen molar-refractivity contribution in [1.29, 1.82) is 0 Å². The summed E-state index contributed by atoms with van der Waals surface area (Å²) in [6.07, 6.45) is 3.15. The van der Waals surface area contributed by atoms with E-state index in [1.54, 1.807) is 11.7 Å². The third-order valence-corrected chi connectivity index (χ3v) is 3.34. The zero-order chi connectivity index (χ0) is 11.6. The Bertz CT molecular complexity index is 380. The number of carbonyl (C=O) groups excluding carboxylic acids is 1. The van der Waals surface area contributed by atoms with Crippen LogP contribution in [0.3, 0.4) is 0 Å². The highest BCUT2D eigenvalue weighted by Gasteiger charge is 2.39. The number of nitrogens with one attached hydrogen (secondary N) is 2. The van der Waals surface area contributed by atoms with Gasteiger partial charge in [-0.15, -0.1) is 0 Å². The topological polar surface area (TPSA) is 71.8 Å². The van der Waals surface area contributed by atoms with Crippen LogP contribution in [0.4, 0.5) is 5.95 Å². The van der Waals surface area contributed by atoms with Crippen LogP contribution in [0.15, 0.2) is 6.33 Å². The van der Waals surface area contributed by atoms with Gasteiger partial charge in [0.2, 0.25) is 11.9 Å². The SMILES string of the molecule is CCC1(C(=O)Nc2ncnn2C)CCNC1. The molecule has 88 valence electrons. The van der Waals surface area contributed by atoms with Crippen molar-refractivity contribution >= 4 is 11.9 Å². The summed E-state index contributed by atoms with van der Waals surface area (Å²) in [6, 6.07) is 0. The van der Waals surface area contributed by atoms with E-state index < -0.39 is 0 Å². The fourth-order valence-corrected chi connectivity index (χ4v) is 2.04. The van der Waals surface area contributed by atoms with Gasteiger partial charge in [-0.3, -0.25) is 10.1 Å². The molecule has 2 N–H and O–H groups in total. The van der Waals surface area contributed by atoms with Crippen LogP contribution in [-0.2, 0) is 11.8 Å². The summed E-state index contributed by atoms with van der Waals surface area (Å²) in [6.45, 7) is 3.69. The standard InChI is InChI=1S/C10H17N5O/c1-3-10(4-5-11-6-10)8(16)14-9-12-7-13-15(9)2/h7,11H,3-6H2,1-2H3,(H,12,13,14,16). The van der Waals surface area contributed by atoms with Gasteiger partial charge in [0.15, 0.2) is 0 Å². The monoisotopic (exact) mass is 223 g/mol. The first kappa shape index (κ1) is 11.1. The fourth-order valence-electron chi connectivity index (χ4n) is 2.04. The minimum absolute atomic E-state index is 0.0381. The van der Waals surface area contributed by atoms with Gasteiger partial charge in [-0.25, -0.2) is 4.68 Å². The molecular weight excluding hydrogens is 206 g/mol. The summed E-state index contributed by atoms with van der Waals surface area (Å²) in [7, 11) is 1.76. The minimum Gasteiger partial charge on any atom is -0.316 e. The highest BCUT2D eigenvalue weighted by atomic mass is 16.2. The lowest BCUT2D eigenvalue weighted by Gasteiger charge is -2.24. The van der Waals surface area contributed by atoms with Crippen LogP contribution in [0.25, 0.3) is 0 Å². The van der Waals surface area contributed by atoms with Crippen molar-refractivity contribution in [1.82, 2.24) is 20.1 Å². The van der Waals surface area contributed by atoms with Crippen molar-refractivity contribution < 1.29 is 4.79 Å². The van der Waals surface area contributed by atoms with E-state index in [-0.39, 0.29) is 11.3 Å². The van der Waals surface area contributed by atoms with E-state index in [0.29, 0.717) is 5.95 Å². The number of carbonyl (C=O) groups is 1. The molecule has 1 aromatic heterocycles. The van der Waals surface area contributed by atoms with Crippen molar-refractivity contribution in [3.8, 4) is 0 Å². The van der Waals surface area contributed by atoms with Gasteiger partial charge in [0.1, 0.15) is 6.33 Å². The van der Waals surface area contributed by atoms with E-state index in [1.165, 1.54) is 6.33 Å². The van der Waals surface area contributed by atoms with Crippen molar-refractivity contribution in [2.75, 3.05) is 18.4 Å². The smallest absolute Gasteiger partial charge is 0.234 e. The zero-order valence-electron chi connectivity index (χ0n) is 9.66. The van der Waals surface area contributed by atoms with E-state index in [2.05, 4.69) is 20.7 Å². The highest BCUT2D eigenvalue weighted by Crippen LogP contribution is 2.30. The van der Waals surface area contributed by atoms with Gasteiger partial charge in [0.05, 0.1) is 5.41 Å². The second-order valence-corrected chi connectivity index (χ2v) is 4.22. The summed E-state index contributed by atoms with van der Waals surface area (Å²) in [5.74, 6) is 0.542. The molecule has 1 unspecified atom stereocenters. The maximum atomic E-state index is 12.2. The van der Waals surface area contributed by atoms with Crippen LogP contribution in [-0.4, -0.2) is 33.8 Å². The molecule has 6 heteroatoms. The Kier molecular flexibility index (Phi) is 2.91. The Morgan fingerprint density at radius 1 is 1.75 bits per heavy atom. The van der Waals surface area contributed by atoms with Crippen molar-refractivity contribution in [3.05, 3.63) is 6.33 Å². The quantitative estimate of drug-likeness (QED) is 0.764. The van der Waals surface area contributed by atoms with E-state index >= 15 is 0 Å². The lowest BCUT2D eigenvalue weighted by molar-refractivity contribution is -0.124. The van der Waals surface area contributed by atoms with Gasteiger partial charge in [0.25, 0.3) is 0 Å². The van der Waals surface area contributed by atoms with E-state index in [4.69, 9.17) is 0 Å². The average molecular weight is 223 g/mol. The van der Waals surface area contributed by atoms with E-state index in [1.807, 2.05) is 6.92 Å². The first-order valence-corrected chi connectivity index (χ1v) is 5.54. The normalized spacial score (nSPS) is 24.6. The zero-order valence-corrected chi connectivity index (χ0v) is 9.66. The predicted octanol–water partition coefficient (Wildman–Crippen LogP) is 0.143. The molecule has 0 bridgehead atoms.